The Balaban J connectivity index is 2.12. The Morgan fingerprint density at radius 2 is 2.16 bits per heavy atom. The number of carbonyl (C=O) groups excluding carboxylic acids is 1. The molecule has 2 rings (SSSR count). The van der Waals surface area contributed by atoms with Crippen molar-refractivity contribution in [1.82, 2.24) is 9.97 Å². The number of nitrogens with one attached hydrogen (secondary N) is 1. The fourth-order valence-electron chi connectivity index (χ4n) is 1.37. The Morgan fingerprint density at radius 3 is 2.74 bits per heavy atom. The van der Waals surface area contributed by atoms with Gasteiger partial charge in [-0.15, -0.1) is 0 Å². The number of oxime groups is 1. The predicted octanol–water partition coefficient (Wildman–Crippen LogP) is 0.823. The van der Waals surface area contributed by atoms with Gasteiger partial charge in [-0.1, -0.05) is 5.16 Å². The molecule has 0 radical (unpaired) electrons. The summed E-state index contributed by atoms with van der Waals surface area (Å²) in [7, 11) is 0. The van der Waals surface area contributed by atoms with Crippen LogP contribution in [0, 0.1) is 0 Å². The lowest BCUT2D eigenvalue weighted by atomic mass is 10.2. The van der Waals surface area contributed by atoms with Gasteiger partial charge in [0.15, 0.2) is 5.84 Å². The molecule has 0 aliphatic rings. The van der Waals surface area contributed by atoms with E-state index in [9.17, 15) is 4.79 Å². The van der Waals surface area contributed by atoms with Crippen molar-refractivity contribution in [2.24, 2.45) is 10.9 Å². The van der Waals surface area contributed by atoms with Crippen molar-refractivity contribution in [3.8, 4) is 0 Å². The summed E-state index contributed by atoms with van der Waals surface area (Å²) >= 11 is 0. The molecular formula is C12H11N5O2. The second kappa shape index (κ2) is 5.58. The second-order valence-corrected chi connectivity index (χ2v) is 3.61. The van der Waals surface area contributed by atoms with Crippen LogP contribution in [0.25, 0.3) is 0 Å². The fourth-order valence-corrected chi connectivity index (χ4v) is 1.37. The molecule has 0 aromatic carbocycles. The van der Waals surface area contributed by atoms with Gasteiger partial charge in [0.1, 0.15) is 5.69 Å². The molecule has 0 atom stereocenters. The van der Waals surface area contributed by atoms with Crippen molar-refractivity contribution < 1.29 is 10.0 Å². The Morgan fingerprint density at radius 1 is 1.32 bits per heavy atom. The number of hydrogen-bond acceptors (Lipinski definition) is 5. The van der Waals surface area contributed by atoms with E-state index in [0.29, 0.717) is 11.3 Å². The van der Waals surface area contributed by atoms with E-state index in [1.54, 1.807) is 24.4 Å². The van der Waals surface area contributed by atoms with Crippen molar-refractivity contribution in [2.75, 3.05) is 5.32 Å². The molecular weight excluding hydrogens is 246 g/mol. The summed E-state index contributed by atoms with van der Waals surface area (Å²) in [5.41, 5.74) is 6.63. The van der Waals surface area contributed by atoms with Gasteiger partial charge in [-0.25, -0.2) is 0 Å². The zero-order valence-electron chi connectivity index (χ0n) is 9.82. The highest BCUT2D eigenvalue weighted by atomic mass is 16.4. The minimum absolute atomic E-state index is 0.0632. The zero-order valence-corrected chi connectivity index (χ0v) is 9.82. The van der Waals surface area contributed by atoms with Crippen LogP contribution in [0.1, 0.15) is 16.1 Å². The first kappa shape index (κ1) is 12.5. The molecule has 1 amide bonds. The van der Waals surface area contributed by atoms with E-state index in [1.165, 1.54) is 18.5 Å². The monoisotopic (exact) mass is 257 g/mol. The van der Waals surface area contributed by atoms with Gasteiger partial charge in [-0.2, -0.15) is 0 Å². The maximum absolute atomic E-state index is 11.9. The lowest BCUT2D eigenvalue weighted by Crippen LogP contribution is -2.16. The molecule has 4 N–H and O–H groups in total. The van der Waals surface area contributed by atoms with E-state index in [1.807, 2.05) is 0 Å². The molecule has 96 valence electrons. The highest BCUT2D eigenvalue weighted by Crippen LogP contribution is 2.06. The Bertz CT molecular complexity index is 595. The van der Waals surface area contributed by atoms with Crippen molar-refractivity contribution >= 4 is 17.4 Å². The van der Waals surface area contributed by atoms with Crippen molar-refractivity contribution in [3.05, 3.63) is 54.1 Å². The smallest absolute Gasteiger partial charge is 0.274 e. The molecule has 0 saturated carbocycles. The summed E-state index contributed by atoms with van der Waals surface area (Å²) in [6.45, 7) is 0. The summed E-state index contributed by atoms with van der Waals surface area (Å²) in [6.07, 6.45) is 4.50. The van der Waals surface area contributed by atoms with Gasteiger partial charge in [0.25, 0.3) is 5.91 Å². The molecule has 0 aliphatic heterocycles. The van der Waals surface area contributed by atoms with Gasteiger partial charge >= 0.3 is 0 Å². The Labute approximate surface area is 108 Å². The molecule has 2 aromatic rings. The zero-order chi connectivity index (χ0) is 13.7. The average Bonchev–Trinajstić information content (AvgIpc) is 2.47. The molecule has 0 unspecified atom stereocenters. The van der Waals surface area contributed by atoms with Crippen LogP contribution in [0.15, 0.2) is 48.0 Å². The van der Waals surface area contributed by atoms with Gasteiger partial charge < -0.3 is 16.3 Å². The number of hydrogen-bond donors (Lipinski definition) is 3. The topological polar surface area (TPSA) is 113 Å². The number of aromatic nitrogens is 2. The van der Waals surface area contributed by atoms with Crippen LogP contribution < -0.4 is 11.1 Å². The van der Waals surface area contributed by atoms with E-state index in [0.717, 1.165) is 0 Å². The van der Waals surface area contributed by atoms with E-state index >= 15 is 0 Å². The maximum atomic E-state index is 11.9. The van der Waals surface area contributed by atoms with Crippen molar-refractivity contribution in [2.45, 2.75) is 0 Å². The van der Waals surface area contributed by atoms with Crippen molar-refractivity contribution in [1.29, 1.82) is 0 Å². The molecule has 0 saturated heterocycles. The quantitative estimate of drug-likeness (QED) is 0.326. The number of anilines is 1. The van der Waals surface area contributed by atoms with Gasteiger partial charge in [0.2, 0.25) is 0 Å². The fraction of sp³-hybridized carbons (Fsp3) is 0. The maximum Gasteiger partial charge on any atom is 0.274 e. The van der Waals surface area contributed by atoms with E-state index in [2.05, 4.69) is 20.4 Å². The van der Waals surface area contributed by atoms with E-state index in [4.69, 9.17) is 10.9 Å². The molecule has 0 aliphatic carbocycles. The summed E-state index contributed by atoms with van der Waals surface area (Å²) in [6, 6.07) is 6.46. The SMILES string of the molecule is NC(=NO)c1ccc(C(=O)Nc2cccnc2)nc1. The van der Waals surface area contributed by atoms with Crippen LogP contribution in [0.4, 0.5) is 5.69 Å². The van der Waals surface area contributed by atoms with Gasteiger partial charge in [0, 0.05) is 18.0 Å². The van der Waals surface area contributed by atoms with E-state index < -0.39 is 0 Å². The van der Waals surface area contributed by atoms with Crippen LogP contribution in [-0.2, 0) is 0 Å². The van der Waals surface area contributed by atoms with E-state index in [-0.39, 0.29) is 17.4 Å². The summed E-state index contributed by atoms with van der Waals surface area (Å²) in [5, 5.41) is 14.0. The molecule has 7 heteroatoms. The van der Waals surface area contributed by atoms with Gasteiger partial charge in [-0.3, -0.25) is 14.8 Å². The van der Waals surface area contributed by atoms with Crippen LogP contribution in [0.3, 0.4) is 0 Å². The largest absolute Gasteiger partial charge is 0.409 e. The summed E-state index contributed by atoms with van der Waals surface area (Å²) in [4.78, 5) is 19.7. The lowest BCUT2D eigenvalue weighted by Gasteiger charge is -2.04. The Kier molecular flexibility index (Phi) is 3.67. The second-order valence-electron chi connectivity index (χ2n) is 3.61. The molecule has 2 heterocycles. The number of amidine groups is 1. The van der Waals surface area contributed by atoms with Crippen LogP contribution in [0.2, 0.25) is 0 Å². The van der Waals surface area contributed by atoms with Gasteiger partial charge in [0.05, 0.1) is 11.9 Å². The molecule has 2 aromatic heterocycles. The molecule has 0 spiro atoms. The highest BCUT2D eigenvalue weighted by molar-refractivity contribution is 6.03. The lowest BCUT2D eigenvalue weighted by molar-refractivity contribution is 0.102. The number of pyridine rings is 2. The first-order valence-electron chi connectivity index (χ1n) is 5.36. The third-order valence-corrected chi connectivity index (χ3v) is 2.32. The standard InChI is InChI=1S/C12H11N5O2/c13-11(17-19)8-3-4-10(15-6-8)12(18)16-9-2-1-5-14-7-9/h1-7,19H,(H2,13,17)(H,16,18). The van der Waals surface area contributed by atoms with Crippen molar-refractivity contribution in [3.63, 3.8) is 0 Å². The highest BCUT2D eigenvalue weighted by Gasteiger charge is 2.08. The molecule has 0 bridgehead atoms. The minimum Gasteiger partial charge on any atom is -0.409 e. The number of rotatable bonds is 3. The number of amides is 1. The average molecular weight is 257 g/mol. The third-order valence-electron chi connectivity index (χ3n) is 2.32. The first-order chi connectivity index (χ1) is 9.20. The predicted molar refractivity (Wildman–Crippen MR) is 68.9 cm³/mol. The Hall–Kier alpha value is -2.96. The van der Waals surface area contributed by atoms with Crippen LogP contribution in [-0.4, -0.2) is 26.9 Å². The van der Waals surface area contributed by atoms with Crippen LogP contribution >= 0.6 is 0 Å². The first-order valence-corrected chi connectivity index (χ1v) is 5.36. The number of carbonyl (C=O) groups is 1. The molecule has 7 nitrogen and oxygen atoms in total. The third kappa shape index (κ3) is 3.03. The molecule has 19 heavy (non-hydrogen) atoms. The van der Waals surface area contributed by atoms with Crippen LogP contribution in [0.5, 0.6) is 0 Å². The normalized spacial score (nSPS) is 11.1. The number of nitrogens with zero attached hydrogens (tertiary/aromatic N) is 3. The molecule has 0 fully saturated rings. The summed E-state index contributed by atoms with van der Waals surface area (Å²) < 4.78 is 0. The summed E-state index contributed by atoms with van der Waals surface area (Å²) in [5.74, 6) is -0.425. The van der Waals surface area contributed by atoms with Gasteiger partial charge in [-0.05, 0) is 24.3 Å². The number of nitrogens with two attached hydrogens (primary N) is 1. The minimum atomic E-state index is -0.362.